The Labute approximate surface area is 92.2 Å². The van der Waals surface area contributed by atoms with E-state index in [1.807, 2.05) is 0 Å². The molecule has 2 nitrogen and oxygen atoms in total. The third kappa shape index (κ3) is 1.31. The number of aliphatic hydroxyl groups is 1. The van der Waals surface area contributed by atoms with Gasteiger partial charge in [-0.25, -0.2) is 0 Å². The monoisotopic (exact) mass is 209 g/mol. The highest BCUT2D eigenvalue weighted by molar-refractivity contribution is 5.09. The number of rotatable bonds is 1. The number of aliphatic hydroxyl groups excluding tert-OH is 1. The van der Waals surface area contributed by atoms with Gasteiger partial charge < -0.3 is 10.8 Å². The van der Waals surface area contributed by atoms with Crippen LogP contribution in [0.15, 0.2) is 0 Å². The number of hydrogen-bond donors (Lipinski definition) is 2. The highest BCUT2D eigenvalue weighted by atomic mass is 16.3. The van der Waals surface area contributed by atoms with Crippen LogP contribution in [0.4, 0.5) is 0 Å². The third-order valence-corrected chi connectivity index (χ3v) is 5.64. The average Bonchev–Trinajstić information content (AvgIpc) is 2.84. The molecule has 0 saturated heterocycles. The molecule has 3 aliphatic rings. The largest absolute Gasteiger partial charge is 0.396 e. The van der Waals surface area contributed by atoms with Crippen LogP contribution in [0.1, 0.15) is 44.9 Å². The van der Waals surface area contributed by atoms with E-state index in [0.717, 1.165) is 11.8 Å². The fourth-order valence-corrected chi connectivity index (χ4v) is 4.90. The van der Waals surface area contributed by atoms with Gasteiger partial charge in [0.15, 0.2) is 0 Å². The third-order valence-electron chi connectivity index (χ3n) is 5.64. The van der Waals surface area contributed by atoms with Gasteiger partial charge in [0, 0.05) is 12.6 Å². The fourth-order valence-electron chi connectivity index (χ4n) is 4.90. The Balaban J connectivity index is 1.83. The van der Waals surface area contributed by atoms with Crippen molar-refractivity contribution < 1.29 is 5.11 Å². The maximum Gasteiger partial charge on any atom is 0.0459 e. The zero-order valence-electron chi connectivity index (χ0n) is 9.49. The molecule has 2 heteroatoms. The summed E-state index contributed by atoms with van der Waals surface area (Å²) in [5.74, 6) is 2.25. The van der Waals surface area contributed by atoms with Crippen LogP contribution < -0.4 is 5.73 Å². The predicted molar refractivity (Wildman–Crippen MR) is 60.3 cm³/mol. The summed E-state index contributed by atoms with van der Waals surface area (Å²) in [6.45, 7) is 0.381. The van der Waals surface area contributed by atoms with Gasteiger partial charge in [-0.3, -0.25) is 0 Å². The van der Waals surface area contributed by atoms with Crippen molar-refractivity contribution in [3.8, 4) is 0 Å². The van der Waals surface area contributed by atoms with E-state index in [2.05, 4.69) is 0 Å². The van der Waals surface area contributed by atoms with Gasteiger partial charge in [0.05, 0.1) is 0 Å². The van der Waals surface area contributed by atoms with Gasteiger partial charge in [-0.1, -0.05) is 6.42 Å². The van der Waals surface area contributed by atoms with Crippen LogP contribution in [-0.2, 0) is 0 Å². The molecule has 3 fully saturated rings. The van der Waals surface area contributed by atoms with E-state index in [4.69, 9.17) is 5.73 Å². The second kappa shape index (κ2) is 3.46. The molecule has 0 amide bonds. The molecule has 0 aromatic rings. The quantitative estimate of drug-likeness (QED) is 0.693. The molecule has 5 atom stereocenters. The second-order valence-electron chi connectivity index (χ2n) is 6.17. The Morgan fingerprint density at radius 2 is 2.13 bits per heavy atom. The molecular weight excluding hydrogens is 186 g/mol. The molecule has 0 radical (unpaired) electrons. The molecule has 86 valence electrons. The van der Waals surface area contributed by atoms with Crippen LogP contribution in [0, 0.1) is 23.2 Å². The molecule has 2 bridgehead atoms. The van der Waals surface area contributed by atoms with Gasteiger partial charge in [0.25, 0.3) is 0 Å². The van der Waals surface area contributed by atoms with Crippen molar-refractivity contribution in [2.45, 2.75) is 51.0 Å². The van der Waals surface area contributed by atoms with Gasteiger partial charge in [-0.2, -0.15) is 0 Å². The molecular formula is C13H23NO. The second-order valence-corrected chi connectivity index (χ2v) is 6.17. The van der Waals surface area contributed by atoms with Gasteiger partial charge in [0.2, 0.25) is 0 Å². The Kier molecular flexibility index (Phi) is 2.33. The lowest BCUT2D eigenvalue weighted by atomic mass is 9.60. The Hall–Kier alpha value is -0.0800. The minimum absolute atomic E-state index is 0.381. The van der Waals surface area contributed by atoms with Crippen molar-refractivity contribution in [3.05, 3.63) is 0 Å². The predicted octanol–water partition coefficient (Wildman–Crippen LogP) is 1.91. The summed E-state index contributed by atoms with van der Waals surface area (Å²) < 4.78 is 0. The summed E-state index contributed by atoms with van der Waals surface area (Å²) in [7, 11) is 0. The molecule has 3 aliphatic carbocycles. The van der Waals surface area contributed by atoms with E-state index in [1.165, 1.54) is 44.9 Å². The first-order valence-electron chi connectivity index (χ1n) is 6.63. The molecule has 0 aromatic carbocycles. The molecule has 15 heavy (non-hydrogen) atoms. The average molecular weight is 209 g/mol. The van der Waals surface area contributed by atoms with E-state index in [-0.39, 0.29) is 0 Å². The first-order valence-corrected chi connectivity index (χ1v) is 6.63. The summed E-state index contributed by atoms with van der Waals surface area (Å²) >= 11 is 0. The van der Waals surface area contributed by atoms with Gasteiger partial charge >= 0.3 is 0 Å². The van der Waals surface area contributed by atoms with E-state index in [9.17, 15) is 5.11 Å². The van der Waals surface area contributed by atoms with Crippen molar-refractivity contribution in [3.63, 3.8) is 0 Å². The van der Waals surface area contributed by atoms with Crippen LogP contribution in [0.5, 0.6) is 0 Å². The first-order chi connectivity index (χ1) is 7.26. The van der Waals surface area contributed by atoms with Gasteiger partial charge in [-0.05, 0) is 61.7 Å². The Bertz CT molecular complexity index is 251. The van der Waals surface area contributed by atoms with Crippen LogP contribution in [0.2, 0.25) is 0 Å². The maximum absolute atomic E-state index is 9.35. The molecule has 3 unspecified atom stereocenters. The van der Waals surface area contributed by atoms with Gasteiger partial charge in [-0.15, -0.1) is 0 Å². The number of fused-ring (bicyclic) bond motifs is 3. The summed E-state index contributed by atoms with van der Waals surface area (Å²) in [6.07, 6.45) is 9.25. The zero-order chi connectivity index (χ0) is 10.5. The first kappa shape index (κ1) is 10.1. The summed E-state index contributed by atoms with van der Waals surface area (Å²) in [4.78, 5) is 0. The maximum atomic E-state index is 9.35. The lowest BCUT2D eigenvalue weighted by Gasteiger charge is -2.47. The van der Waals surface area contributed by atoms with Crippen LogP contribution in [0.25, 0.3) is 0 Å². The van der Waals surface area contributed by atoms with Crippen molar-refractivity contribution >= 4 is 0 Å². The minimum atomic E-state index is 0.381. The number of nitrogens with two attached hydrogens (primary N) is 1. The van der Waals surface area contributed by atoms with Crippen molar-refractivity contribution in [1.29, 1.82) is 0 Å². The minimum Gasteiger partial charge on any atom is -0.396 e. The SMILES string of the molecule is NC1C2CCC(C2)[C@]12CCC[C@H](CO)C2. The topological polar surface area (TPSA) is 46.2 Å². The van der Waals surface area contributed by atoms with E-state index in [1.54, 1.807) is 0 Å². The Morgan fingerprint density at radius 3 is 2.80 bits per heavy atom. The molecule has 3 rings (SSSR count). The smallest absolute Gasteiger partial charge is 0.0459 e. The molecule has 0 aromatic heterocycles. The number of hydrogen-bond acceptors (Lipinski definition) is 2. The summed E-state index contributed by atoms with van der Waals surface area (Å²) in [5, 5.41) is 9.35. The highest BCUT2D eigenvalue weighted by Crippen LogP contribution is 2.61. The van der Waals surface area contributed by atoms with Crippen molar-refractivity contribution in [2.24, 2.45) is 28.9 Å². The van der Waals surface area contributed by atoms with Crippen LogP contribution >= 0.6 is 0 Å². The molecule has 1 spiro atoms. The standard InChI is InChI=1S/C13H23NO/c14-12-10-3-4-11(6-10)13(12)5-1-2-9(7-13)8-15/h9-12,15H,1-8,14H2/t9-,10?,11?,12?,13+/m0/s1. The fraction of sp³-hybridized carbons (Fsp3) is 1.00. The van der Waals surface area contributed by atoms with Crippen molar-refractivity contribution in [2.75, 3.05) is 6.61 Å². The van der Waals surface area contributed by atoms with E-state index in [0.29, 0.717) is 24.0 Å². The van der Waals surface area contributed by atoms with E-state index < -0.39 is 0 Å². The molecule has 0 heterocycles. The van der Waals surface area contributed by atoms with Crippen molar-refractivity contribution in [1.82, 2.24) is 0 Å². The molecule has 3 saturated carbocycles. The molecule has 3 N–H and O–H groups in total. The highest BCUT2D eigenvalue weighted by Gasteiger charge is 2.57. The lowest BCUT2D eigenvalue weighted by molar-refractivity contribution is 0.0292. The Morgan fingerprint density at radius 1 is 1.27 bits per heavy atom. The van der Waals surface area contributed by atoms with Crippen LogP contribution in [-0.4, -0.2) is 17.8 Å². The normalized spacial score (nSPS) is 54.0. The van der Waals surface area contributed by atoms with Gasteiger partial charge in [0.1, 0.15) is 0 Å². The lowest BCUT2D eigenvalue weighted by Crippen LogP contribution is -2.49. The van der Waals surface area contributed by atoms with E-state index >= 15 is 0 Å². The van der Waals surface area contributed by atoms with Crippen LogP contribution in [0.3, 0.4) is 0 Å². The summed E-state index contributed by atoms with van der Waals surface area (Å²) in [5.41, 5.74) is 6.90. The summed E-state index contributed by atoms with van der Waals surface area (Å²) in [6, 6.07) is 0.450. The zero-order valence-corrected chi connectivity index (χ0v) is 9.49. The molecule has 0 aliphatic heterocycles.